The van der Waals surface area contributed by atoms with Crippen molar-refractivity contribution < 1.29 is 9.90 Å². The molecule has 7 nitrogen and oxygen atoms in total. The minimum atomic E-state index is -0.957. The van der Waals surface area contributed by atoms with Crippen LogP contribution in [0.5, 0.6) is 0 Å². The highest BCUT2D eigenvalue weighted by Crippen LogP contribution is 2.42. The average molecular weight is 484 g/mol. The van der Waals surface area contributed by atoms with Crippen LogP contribution in [-0.4, -0.2) is 35.6 Å². The molecule has 0 saturated carbocycles. The van der Waals surface area contributed by atoms with Gasteiger partial charge in [-0.3, -0.25) is 9.97 Å². The fourth-order valence-corrected chi connectivity index (χ4v) is 5.19. The number of hydrogen-bond acceptors (Lipinski definition) is 4. The number of thiocarbonyl (C=S) groups is 1. The lowest BCUT2D eigenvalue weighted by Gasteiger charge is -2.28. The molecule has 0 spiro atoms. The Kier molecular flexibility index (Phi) is 6.05. The van der Waals surface area contributed by atoms with Gasteiger partial charge in [0.1, 0.15) is 0 Å². The van der Waals surface area contributed by atoms with E-state index in [1.54, 1.807) is 24.5 Å². The van der Waals surface area contributed by atoms with E-state index < -0.39 is 5.97 Å². The molecule has 4 heterocycles. The summed E-state index contributed by atoms with van der Waals surface area (Å²) >= 11 is 5.80. The first kappa shape index (κ1) is 22.7. The monoisotopic (exact) mass is 483 g/mol. The second-order valence-corrected chi connectivity index (χ2v) is 8.95. The molecule has 1 fully saturated rings. The normalized spacial score (nSPS) is 17.4. The highest BCUT2D eigenvalue weighted by atomic mass is 32.1. The van der Waals surface area contributed by atoms with Crippen LogP contribution in [-0.2, 0) is 6.54 Å². The smallest absolute Gasteiger partial charge is 0.337 e. The second kappa shape index (κ2) is 9.31. The highest BCUT2D eigenvalue weighted by molar-refractivity contribution is 7.80. The predicted molar refractivity (Wildman–Crippen MR) is 137 cm³/mol. The van der Waals surface area contributed by atoms with Crippen LogP contribution in [0.3, 0.4) is 0 Å². The van der Waals surface area contributed by atoms with Gasteiger partial charge in [0, 0.05) is 23.8 Å². The number of rotatable bonds is 6. The molecule has 2 unspecified atom stereocenters. The number of carboxylic acids is 1. The molecular weight excluding hydrogens is 458 g/mol. The van der Waals surface area contributed by atoms with E-state index in [2.05, 4.69) is 26.3 Å². The molecule has 2 atom stereocenters. The molecule has 0 aliphatic carbocycles. The number of benzene rings is 1. The number of para-hydroxylation sites is 1. The summed E-state index contributed by atoms with van der Waals surface area (Å²) < 4.78 is 2.01. The van der Waals surface area contributed by atoms with E-state index in [9.17, 15) is 9.90 Å². The fourth-order valence-electron chi connectivity index (χ4n) is 4.89. The number of aryl methyl sites for hydroxylation is 1. The lowest BCUT2D eigenvalue weighted by Crippen LogP contribution is -2.29. The number of pyridine rings is 2. The summed E-state index contributed by atoms with van der Waals surface area (Å²) in [5.74, 6) is -0.957. The zero-order chi connectivity index (χ0) is 24.5. The number of nitrogens with zero attached hydrogens (tertiary/aromatic N) is 4. The lowest BCUT2D eigenvalue weighted by molar-refractivity contribution is 0.0697. The Labute approximate surface area is 209 Å². The zero-order valence-electron chi connectivity index (χ0n) is 19.4. The quantitative estimate of drug-likeness (QED) is 0.383. The predicted octanol–water partition coefficient (Wildman–Crippen LogP) is 4.76. The Morgan fingerprint density at radius 3 is 2.43 bits per heavy atom. The molecule has 0 bridgehead atoms. The van der Waals surface area contributed by atoms with E-state index in [4.69, 9.17) is 12.2 Å². The van der Waals surface area contributed by atoms with E-state index in [1.807, 2.05) is 66.9 Å². The molecule has 1 aromatic carbocycles. The van der Waals surface area contributed by atoms with Crippen LogP contribution in [0.25, 0.3) is 5.69 Å². The summed E-state index contributed by atoms with van der Waals surface area (Å²) in [6.07, 6.45) is 3.56. The Morgan fingerprint density at radius 1 is 1.03 bits per heavy atom. The molecule has 1 aliphatic heterocycles. The number of nitrogens with one attached hydrogen (secondary N) is 1. The fraction of sp³-hybridized carbons (Fsp3) is 0.185. The van der Waals surface area contributed by atoms with Gasteiger partial charge in [-0.1, -0.05) is 24.3 Å². The molecule has 2 N–H and O–H groups in total. The second-order valence-electron chi connectivity index (χ2n) is 8.56. The van der Waals surface area contributed by atoms with E-state index in [-0.39, 0.29) is 17.6 Å². The highest BCUT2D eigenvalue weighted by Gasteiger charge is 2.41. The van der Waals surface area contributed by atoms with Gasteiger partial charge in [0.2, 0.25) is 0 Å². The van der Waals surface area contributed by atoms with E-state index in [0.29, 0.717) is 17.3 Å². The minimum absolute atomic E-state index is 0.156. The van der Waals surface area contributed by atoms with E-state index in [1.165, 1.54) is 0 Å². The van der Waals surface area contributed by atoms with Gasteiger partial charge in [0.05, 0.1) is 41.3 Å². The zero-order valence-corrected chi connectivity index (χ0v) is 20.2. The van der Waals surface area contributed by atoms with Crippen LogP contribution in [0.2, 0.25) is 0 Å². The molecule has 176 valence electrons. The van der Waals surface area contributed by atoms with Gasteiger partial charge in [0.25, 0.3) is 0 Å². The van der Waals surface area contributed by atoms with Gasteiger partial charge in [0.15, 0.2) is 5.11 Å². The molecule has 5 rings (SSSR count). The van der Waals surface area contributed by atoms with Gasteiger partial charge in [-0.2, -0.15) is 0 Å². The first-order valence-corrected chi connectivity index (χ1v) is 11.8. The summed E-state index contributed by atoms with van der Waals surface area (Å²) in [5.41, 5.74) is 5.66. The van der Waals surface area contributed by atoms with Gasteiger partial charge in [-0.25, -0.2) is 4.79 Å². The number of carboxylic acid groups (broad SMARTS) is 1. The van der Waals surface area contributed by atoms with Crippen LogP contribution < -0.4 is 5.32 Å². The Morgan fingerprint density at radius 2 is 1.74 bits per heavy atom. The van der Waals surface area contributed by atoms with Crippen LogP contribution in [0, 0.1) is 13.8 Å². The average Bonchev–Trinajstić information content (AvgIpc) is 3.35. The molecule has 0 amide bonds. The lowest BCUT2D eigenvalue weighted by atomic mass is 9.96. The maximum absolute atomic E-state index is 12.0. The number of hydrogen-bond donors (Lipinski definition) is 2. The van der Waals surface area contributed by atoms with Crippen molar-refractivity contribution in [1.29, 1.82) is 0 Å². The number of aromatic carboxylic acids is 1. The van der Waals surface area contributed by atoms with Gasteiger partial charge in [-0.15, -0.1) is 0 Å². The summed E-state index contributed by atoms with van der Waals surface area (Å²) in [4.78, 5) is 23.2. The topological polar surface area (TPSA) is 83.3 Å². The van der Waals surface area contributed by atoms with Crippen molar-refractivity contribution in [1.82, 2.24) is 24.8 Å². The maximum atomic E-state index is 12.0. The first-order valence-electron chi connectivity index (χ1n) is 11.3. The molecule has 4 aromatic rings. The van der Waals surface area contributed by atoms with Gasteiger partial charge in [-0.05, 0) is 74.1 Å². The van der Waals surface area contributed by atoms with Crippen molar-refractivity contribution in [3.8, 4) is 5.69 Å². The summed E-state index contributed by atoms with van der Waals surface area (Å²) in [6, 6.07) is 20.6. The minimum Gasteiger partial charge on any atom is -0.478 e. The van der Waals surface area contributed by atoms with Crippen LogP contribution in [0.1, 0.15) is 50.8 Å². The maximum Gasteiger partial charge on any atom is 0.337 e. The van der Waals surface area contributed by atoms with Crippen LogP contribution in [0.4, 0.5) is 0 Å². The number of aromatic nitrogens is 3. The third kappa shape index (κ3) is 4.17. The summed E-state index contributed by atoms with van der Waals surface area (Å²) in [6.45, 7) is 4.56. The van der Waals surface area contributed by atoms with Gasteiger partial charge < -0.3 is 19.9 Å². The molecule has 35 heavy (non-hydrogen) atoms. The third-order valence-electron chi connectivity index (χ3n) is 6.42. The van der Waals surface area contributed by atoms with Crippen molar-refractivity contribution in [2.24, 2.45) is 0 Å². The standard InChI is InChI=1S/C27H25N5O2S/c1-17-15-21(18(2)32(17)23-12-4-3-10-20(23)26(33)34)25-24(22-11-6-8-14-29-22)30-27(35)31(25)16-19-9-5-7-13-28-19/h3-15,24-25H,16H2,1-2H3,(H,30,35)(H,33,34). The van der Waals surface area contributed by atoms with E-state index in [0.717, 1.165) is 28.3 Å². The number of carbonyl (C=O) groups is 1. The Balaban J connectivity index is 1.65. The molecular formula is C27H25N5O2S. The Bertz CT molecular complexity index is 1390. The van der Waals surface area contributed by atoms with E-state index >= 15 is 0 Å². The van der Waals surface area contributed by atoms with Crippen molar-refractivity contribution in [2.75, 3.05) is 0 Å². The summed E-state index contributed by atoms with van der Waals surface area (Å²) in [7, 11) is 0. The molecule has 1 saturated heterocycles. The molecule has 1 aliphatic rings. The van der Waals surface area contributed by atoms with Crippen molar-refractivity contribution in [2.45, 2.75) is 32.5 Å². The SMILES string of the molecule is Cc1cc(C2C(c3ccccn3)NC(=S)N2Cc2ccccn2)c(C)n1-c1ccccc1C(=O)O. The van der Waals surface area contributed by atoms with Crippen LogP contribution >= 0.6 is 12.2 Å². The Hall–Kier alpha value is -4.04. The van der Waals surface area contributed by atoms with Crippen molar-refractivity contribution in [3.63, 3.8) is 0 Å². The largest absolute Gasteiger partial charge is 0.478 e. The van der Waals surface area contributed by atoms with Crippen molar-refractivity contribution >= 4 is 23.3 Å². The first-order chi connectivity index (χ1) is 17.0. The molecule has 0 radical (unpaired) electrons. The molecule has 8 heteroatoms. The van der Waals surface area contributed by atoms with Crippen molar-refractivity contribution in [3.05, 3.63) is 113 Å². The summed E-state index contributed by atoms with van der Waals surface area (Å²) in [5, 5.41) is 13.9. The third-order valence-corrected chi connectivity index (χ3v) is 6.77. The van der Waals surface area contributed by atoms with Gasteiger partial charge >= 0.3 is 5.97 Å². The van der Waals surface area contributed by atoms with Crippen LogP contribution in [0.15, 0.2) is 79.1 Å². The molecule has 3 aromatic heterocycles.